The predicted molar refractivity (Wildman–Crippen MR) is 123 cm³/mol. The van der Waals surface area contributed by atoms with Gasteiger partial charge in [-0.1, -0.05) is 18.2 Å². The van der Waals surface area contributed by atoms with E-state index in [1.54, 1.807) is 52.8 Å². The van der Waals surface area contributed by atoms with Crippen LogP contribution in [-0.4, -0.2) is 57.4 Å². The van der Waals surface area contributed by atoms with Gasteiger partial charge in [0.2, 0.25) is 11.8 Å². The van der Waals surface area contributed by atoms with Crippen molar-refractivity contribution in [1.82, 2.24) is 15.5 Å². The molecular formula is C22H35N3O5S. The fraction of sp³-hybridized carbons (Fsp3) is 0.591. The number of carbonyl (C=O) groups excluding carboxylic acids is 3. The zero-order valence-corrected chi connectivity index (χ0v) is 20.2. The van der Waals surface area contributed by atoms with Crippen molar-refractivity contribution in [2.45, 2.75) is 78.2 Å². The first kappa shape index (κ1) is 26.6. The number of amides is 3. The molecule has 2 atom stereocenters. The van der Waals surface area contributed by atoms with E-state index in [0.717, 1.165) is 0 Å². The van der Waals surface area contributed by atoms with Gasteiger partial charge in [0, 0.05) is 23.4 Å². The number of nitrogens with one attached hydrogen (secondary N) is 2. The van der Waals surface area contributed by atoms with Crippen LogP contribution in [0.3, 0.4) is 0 Å². The van der Waals surface area contributed by atoms with E-state index in [1.165, 1.54) is 11.0 Å². The number of rotatable bonds is 8. The van der Waals surface area contributed by atoms with Gasteiger partial charge in [0.25, 0.3) is 0 Å². The molecule has 0 aromatic heterocycles. The molecule has 3 amide bonds. The molecule has 0 saturated carbocycles. The normalized spacial score (nSPS) is 13.5. The number of phenols is 1. The number of phenolic OH excluding ortho intramolecular Hbond substituents is 1. The van der Waals surface area contributed by atoms with Crippen LogP contribution in [-0.2, 0) is 14.3 Å². The Kier molecular flexibility index (Phi) is 9.68. The van der Waals surface area contributed by atoms with Crippen LogP contribution < -0.4 is 10.6 Å². The number of nitrogens with zero attached hydrogens (tertiary/aromatic N) is 1. The summed E-state index contributed by atoms with van der Waals surface area (Å²) in [4.78, 5) is 40.2. The number of para-hydroxylation sites is 1. The average Bonchev–Trinajstić information content (AvgIpc) is 2.62. The zero-order chi connectivity index (χ0) is 23.9. The second-order valence-electron chi connectivity index (χ2n) is 8.85. The summed E-state index contributed by atoms with van der Waals surface area (Å²) in [6.07, 6.45) is -0.755. The van der Waals surface area contributed by atoms with E-state index in [4.69, 9.17) is 4.74 Å². The van der Waals surface area contributed by atoms with Crippen molar-refractivity contribution in [3.05, 3.63) is 29.8 Å². The summed E-state index contributed by atoms with van der Waals surface area (Å²) in [6, 6.07) is 3.66. The van der Waals surface area contributed by atoms with Gasteiger partial charge in [-0.25, -0.2) is 4.79 Å². The van der Waals surface area contributed by atoms with E-state index in [2.05, 4.69) is 23.3 Å². The third kappa shape index (κ3) is 7.97. The Bertz CT molecular complexity index is 777. The van der Waals surface area contributed by atoms with Crippen molar-refractivity contribution in [3.8, 4) is 5.75 Å². The van der Waals surface area contributed by atoms with Crippen molar-refractivity contribution >= 4 is 30.5 Å². The van der Waals surface area contributed by atoms with Gasteiger partial charge in [-0.15, -0.1) is 0 Å². The first-order valence-corrected chi connectivity index (χ1v) is 10.9. The molecule has 0 aliphatic carbocycles. The molecule has 0 fully saturated rings. The second kappa shape index (κ2) is 11.3. The number of benzene rings is 1. The molecule has 3 N–H and O–H groups in total. The number of ether oxygens (including phenoxy) is 1. The monoisotopic (exact) mass is 453 g/mol. The van der Waals surface area contributed by atoms with Gasteiger partial charge < -0.3 is 25.4 Å². The molecule has 1 rings (SSSR count). The highest BCUT2D eigenvalue weighted by atomic mass is 32.1. The number of alkyl carbamates (subject to hydrolysis) is 1. The molecular weight excluding hydrogens is 418 g/mol. The molecule has 0 bridgehead atoms. The first-order valence-electron chi connectivity index (χ1n) is 10.3. The number of hydrogen-bond donors (Lipinski definition) is 4. The van der Waals surface area contributed by atoms with Gasteiger partial charge in [-0.2, -0.15) is 12.6 Å². The van der Waals surface area contributed by atoms with Gasteiger partial charge in [0.1, 0.15) is 23.4 Å². The van der Waals surface area contributed by atoms with Crippen molar-refractivity contribution in [3.63, 3.8) is 0 Å². The maximum Gasteiger partial charge on any atom is 0.408 e. The minimum atomic E-state index is -1.10. The minimum Gasteiger partial charge on any atom is -0.508 e. The minimum absolute atomic E-state index is 0.000583. The van der Waals surface area contributed by atoms with E-state index in [9.17, 15) is 19.5 Å². The number of thiol groups is 1. The Morgan fingerprint density at radius 1 is 1.10 bits per heavy atom. The third-order valence-corrected chi connectivity index (χ3v) is 4.54. The molecule has 0 aliphatic heterocycles. The predicted octanol–water partition coefficient (Wildman–Crippen LogP) is 3.02. The number of hydrogen-bond acceptors (Lipinski definition) is 6. The largest absolute Gasteiger partial charge is 0.508 e. The van der Waals surface area contributed by atoms with Crippen LogP contribution in [0.1, 0.15) is 60.1 Å². The lowest BCUT2D eigenvalue weighted by atomic mass is 10.00. The lowest BCUT2D eigenvalue weighted by Gasteiger charge is -2.37. The Morgan fingerprint density at radius 2 is 1.68 bits per heavy atom. The highest BCUT2D eigenvalue weighted by Crippen LogP contribution is 2.31. The van der Waals surface area contributed by atoms with Crippen molar-refractivity contribution in [2.75, 3.05) is 5.75 Å². The molecule has 0 saturated heterocycles. The summed E-state index contributed by atoms with van der Waals surface area (Å²) in [5.74, 6) is -1.05. The van der Waals surface area contributed by atoms with E-state index >= 15 is 0 Å². The molecule has 174 valence electrons. The van der Waals surface area contributed by atoms with Crippen molar-refractivity contribution in [2.24, 2.45) is 0 Å². The van der Waals surface area contributed by atoms with Crippen molar-refractivity contribution in [1.29, 1.82) is 0 Å². The van der Waals surface area contributed by atoms with Crippen LogP contribution >= 0.6 is 12.6 Å². The van der Waals surface area contributed by atoms with Gasteiger partial charge >= 0.3 is 6.09 Å². The summed E-state index contributed by atoms with van der Waals surface area (Å²) >= 11 is 4.22. The van der Waals surface area contributed by atoms with E-state index in [0.29, 0.717) is 0 Å². The topological polar surface area (TPSA) is 108 Å². The Morgan fingerprint density at radius 3 is 2.13 bits per heavy atom. The van der Waals surface area contributed by atoms with Crippen LogP contribution in [0.15, 0.2) is 24.3 Å². The molecule has 1 aromatic rings. The Hall–Kier alpha value is -2.42. The van der Waals surface area contributed by atoms with E-state index in [1.807, 2.05) is 13.8 Å². The average molecular weight is 454 g/mol. The molecule has 1 aromatic carbocycles. The highest BCUT2D eigenvalue weighted by molar-refractivity contribution is 7.80. The quantitative estimate of drug-likeness (QED) is 0.453. The smallest absolute Gasteiger partial charge is 0.408 e. The first-order chi connectivity index (χ1) is 14.3. The van der Waals surface area contributed by atoms with E-state index in [-0.39, 0.29) is 23.1 Å². The molecule has 31 heavy (non-hydrogen) atoms. The second-order valence-corrected chi connectivity index (χ2v) is 9.21. The van der Waals surface area contributed by atoms with Crippen LogP contribution in [0, 0.1) is 0 Å². The van der Waals surface area contributed by atoms with Crippen LogP contribution in [0.25, 0.3) is 0 Å². The molecule has 0 spiro atoms. The lowest BCUT2D eigenvalue weighted by molar-refractivity contribution is -0.144. The lowest BCUT2D eigenvalue weighted by Crippen LogP contribution is -2.56. The Balaban J connectivity index is 3.36. The van der Waals surface area contributed by atoms with Crippen LogP contribution in [0.4, 0.5) is 4.79 Å². The van der Waals surface area contributed by atoms with Gasteiger partial charge in [0.15, 0.2) is 0 Å². The SMILES string of the molecule is CC(C)NC(=O)C(c1ccccc1O)N(C(=O)C(CS)NC(=O)OC(C)(C)C)C(C)C. The number of carbonyl (C=O) groups is 3. The molecule has 0 aliphatic rings. The molecule has 9 heteroatoms. The van der Waals surface area contributed by atoms with Crippen LogP contribution in [0.5, 0.6) is 5.75 Å². The third-order valence-electron chi connectivity index (χ3n) is 4.17. The molecule has 8 nitrogen and oxygen atoms in total. The van der Waals surface area contributed by atoms with E-state index < -0.39 is 41.6 Å². The standard InChI is InChI=1S/C22H35N3O5S/c1-13(2)23-19(27)18(15-10-8-9-11-17(15)26)25(14(3)4)20(28)16(12-31)24-21(29)30-22(5,6)7/h8-11,13-14,16,18,26,31H,12H2,1-7H3,(H,23,27)(H,24,29). The Labute approximate surface area is 190 Å². The molecule has 0 radical (unpaired) electrons. The molecule has 2 unspecified atom stereocenters. The summed E-state index contributed by atoms with van der Waals surface area (Å²) < 4.78 is 5.25. The number of aromatic hydroxyl groups is 1. The van der Waals surface area contributed by atoms with Gasteiger partial charge in [-0.3, -0.25) is 9.59 Å². The highest BCUT2D eigenvalue weighted by Gasteiger charge is 2.38. The summed E-state index contributed by atoms with van der Waals surface area (Å²) in [5, 5.41) is 15.8. The fourth-order valence-electron chi connectivity index (χ4n) is 2.99. The maximum absolute atomic E-state index is 13.5. The summed E-state index contributed by atoms with van der Waals surface area (Å²) in [6.45, 7) is 12.3. The van der Waals surface area contributed by atoms with Crippen molar-refractivity contribution < 1.29 is 24.2 Å². The zero-order valence-electron chi connectivity index (χ0n) is 19.3. The van der Waals surface area contributed by atoms with Gasteiger partial charge in [-0.05, 0) is 54.5 Å². The van der Waals surface area contributed by atoms with Gasteiger partial charge in [0.05, 0.1) is 0 Å². The summed E-state index contributed by atoms with van der Waals surface area (Å²) in [7, 11) is 0. The fourth-order valence-corrected chi connectivity index (χ4v) is 3.24. The summed E-state index contributed by atoms with van der Waals surface area (Å²) in [5.41, 5.74) is -0.445. The van der Waals surface area contributed by atoms with Crippen LogP contribution in [0.2, 0.25) is 0 Å². The molecule has 0 heterocycles. The maximum atomic E-state index is 13.5.